The fourth-order valence-corrected chi connectivity index (χ4v) is 2.13. The number of hydrogen-bond donors (Lipinski definition) is 1. The van der Waals surface area contributed by atoms with Crippen LogP contribution >= 0.6 is 0 Å². The van der Waals surface area contributed by atoms with Crippen molar-refractivity contribution < 1.29 is 9.84 Å². The van der Waals surface area contributed by atoms with Crippen molar-refractivity contribution in [2.75, 3.05) is 0 Å². The zero-order valence-corrected chi connectivity index (χ0v) is 7.74. The Bertz CT molecular complexity index is 134. The van der Waals surface area contributed by atoms with Crippen molar-refractivity contribution in [2.24, 2.45) is 11.8 Å². The topological polar surface area (TPSA) is 29.5 Å². The summed E-state index contributed by atoms with van der Waals surface area (Å²) in [6, 6.07) is 0. The van der Waals surface area contributed by atoms with Crippen LogP contribution in [0.25, 0.3) is 0 Å². The highest BCUT2D eigenvalue weighted by molar-refractivity contribution is 4.86. The predicted octanol–water partition coefficient (Wildman–Crippen LogP) is 1.43. The van der Waals surface area contributed by atoms with Gasteiger partial charge in [-0.3, -0.25) is 0 Å². The average Bonchev–Trinajstić information content (AvgIpc) is 2.07. The van der Waals surface area contributed by atoms with Gasteiger partial charge in [0.25, 0.3) is 0 Å². The molecular formula is C9H18O2. The Labute approximate surface area is 68.6 Å². The quantitative estimate of drug-likeness (QED) is 0.625. The lowest BCUT2D eigenvalue weighted by Crippen LogP contribution is -2.28. The molecular weight excluding hydrogens is 140 g/mol. The summed E-state index contributed by atoms with van der Waals surface area (Å²) in [4.78, 5) is 0. The summed E-state index contributed by atoms with van der Waals surface area (Å²) in [5.41, 5.74) is 0. The molecule has 1 heterocycles. The molecule has 5 unspecified atom stereocenters. The van der Waals surface area contributed by atoms with Gasteiger partial charge in [-0.05, 0) is 26.7 Å². The number of aliphatic hydroxyl groups is 1. The molecule has 0 aliphatic carbocycles. The van der Waals surface area contributed by atoms with Crippen LogP contribution in [0.3, 0.4) is 0 Å². The van der Waals surface area contributed by atoms with E-state index < -0.39 is 0 Å². The molecule has 0 radical (unpaired) electrons. The molecule has 0 amide bonds. The van der Waals surface area contributed by atoms with Crippen molar-refractivity contribution in [1.82, 2.24) is 0 Å². The van der Waals surface area contributed by atoms with E-state index in [0.717, 1.165) is 0 Å². The fourth-order valence-electron chi connectivity index (χ4n) is 2.13. The number of rotatable bonds is 1. The van der Waals surface area contributed by atoms with E-state index in [1.165, 1.54) is 0 Å². The molecule has 1 aliphatic heterocycles. The van der Waals surface area contributed by atoms with E-state index in [1.807, 2.05) is 13.8 Å². The highest BCUT2D eigenvalue weighted by atomic mass is 16.5. The molecule has 1 saturated heterocycles. The minimum atomic E-state index is -0.245. The van der Waals surface area contributed by atoms with Gasteiger partial charge in [-0.25, -0.2) is 0 Å². The van der Waals surface area contributed by atoms with Crippen LogP contribution in [0.2, 0.25) is 0 Å². The first-order valence-corrected chi connectivity index (χ1v) is 4.37. The van der Waals surface area contributed by atoms with Crippen LogP contribution in [-0.4, -0.2) is 23.4 Å². The smallest absolute Gasteiger partial charge is 0.0607 e. The molecule has 1 N–H and O–H groups in total. The molecule has 0 aromatic heterocycles. The summed E-state index contributed by atoms with van der Waals surface area (Å²) in [6.45, 7) is 8.10. The minimum Gasteiger partial charge on any atom is -0.393 e. The highest BCUT2D eigenvalue weighted by Gasteiger charge is 2.39. The first-order chi connectivity index (χ1) is 5.04. The molecule has 66 valence electrons. The van der Waals surface area contributed by atoms with Crippen LogP contribution in [0.1, 0.15) is 27.7 Å². The Morgan fingerprint density at radius 3 is 1.91 bits per heavy atom. The summed E-state index contributed by atoms with van der Waals surface area (Å²) in [5, 5.41) is 9.43. The molecule has 0 spiro atoms. The van der Waals surface area contributed by atoms with Crippen LogP contribution in [0, 0.1) is 11.8 Å². The van der Waals surface area contributed by atoms with Crippen LogP contribution in [0.15, 0.2) is 0 Å². The van der Waals surface area contributed by atoms with Gasteiger partial charge >= 0.3 is 0 Å². The Kier molecular flexibility index (Phi) is 2.55. The lowest BCUT2D eigenvalue weighted by molar-refractivity contribution is 0.0291. The SMILES string of the molecule is CC(O)C1C(C)OC(C)C1C. The van der Waals surface area contributed by atoms with E-state index in [1.54, 1.807) is 0 Å². The summed E-state index contributed by atoms with van der Waals surface area (Å²) in [5.74, 6) is 0.787. The van der Waals surface area contributed by atoms with Crippen LogP contribution < -0.4 is 0 Å². The third kappa shape index (κ3) is 1.57. The number of aliphatic hydroxyl groups excluding tert-OH is 1. The van der Waals surface area contributed by atoms with E-state index in [9.17, 15) is 5.11 Å². The maximum atomic E-state index is 9.43. The second kappa shape index (κ2) is 3.11. The molecule has 1 fully saturated rings. The van der Waals surface area contributed by atoms with E-state index in [-0.39, 0.29) is 12.2 Å². The monoisotopic (exact) mass is 158 g/mol. The molecule has 2 nitrogen and oxygen atoms in total. The second-order valence-corrected chi connectivity index (χ2v) is 3.72. The van der Waals surface area contributed by atoms with Gasteiger partial charge in [0, 0.05) is 5.92 Å². The number of hydrogen-bond acceptors (Lipinski definition) is 2. The van der Waals surface area contributed by atoms with E-state index in [2.05, 4.69) is 13.8 Å². The van der Waals surface area contributed by atoms with Gasteiger partial charge in [0.15, 0.2) is 0 Å². The van der Waals surface area contributed by atoms with Gasteiger partial charge in [-0.1, -0.05) is 6.92 Å². The van der Waals surface area contributed by atoms with E-state index in [4.69, 9.17) is 4.74 Å². The van der Waals surface area contributed by atoms with E-state index >= 15 is 0 Å². The van der Waals surface area contributed by atoms with Crippen molar-refractivity contribution in [3.8, 4) is 0 Å². The Balaban J connectivity index is 2.63. The molecule has 0 aromatic carbocycles. The van der Waals surface area contributed by atoms with Crippen LogP contribution in [-0.2, 0) is 4.74 Å². The van der Waals surface area contributed by atoms with Gasteiger partial charge in [-0.15, -0.1) is 0 Å². The van der Waals surface area contributed by atoms with Gasteiger partial charge in [0.1, 0.15) is 0 Å². The Morgan fingerprint density at radius 1 is 1.18 bits per heavy atom. The molecule has 1 aliphatic rings. The van der Waals surface area contributed by atoms with Crippen molar-refractivity contribution in [1.29, 1.82) is 0 Å². The molecule has 5 atom stereocenters. The summed E-state index contributed by atoms with van der Waals surface area (Å²) in [6.07, 6.45) is 0.259. The second-order valence-electron chi connectivity index (χ2n) is 3.72. The van der Waals surface area contributed by atoms with Gasteiger partial charge in [0.2, 0.25) is 0 Å². The predicted molar refractivity (Wildman–Crippen MR) is 44.3 cm³/mol. The van der Waals surface area contributed by atoms with Gasteiger partial charge in [0.05, 0.1) is 18.3 Å². The van der Waals surface area contributed by atoms with Crippen LogP contribution in [0.4, 0.5) is 0 Å². The summed E-state index contributed by atoms with van der Waals surface area (Å²) in [7, 11) is 0. The number of ether oxygens (including phenoxy) is 1. The Hall–Kier alpha value is -0.0800. The first kappa shape index (κ1) is 9.01. The average molecular weight is 158 g/mol. The van der Waals surface area contributed by atoms with Crippen LogP contribution in [0.5, 0.6) is 0 Å². The Morgan fingerprint density at radius 2 is 1.73 bits per heavy atom. The van der Waals surface area contributed by atoms with Crippen molar-refractivity contribution in [2.45, 2.75) is 46.0 Å². The molecule has 0 bridgehead atoms. The third-order valence-electron chi connectivity index (χ3n) is 2.88. The van der Waals surface area contributed by atoms with E-state index in [0.29, 0.717) is 17.9 Å². The molecule has 0 saturated carbocycles. The van der Waals surface area contributed by atoms with Gasteiger partial charge in [-0.2, -0.15) is 0 Å². The maximum absolute atomic E-state index is 9.43. The van der Waals surface area contributed by atoms with Gasteiger partial charge < -0.3 is 9.84 Å². The zero-order chi connectivity index (χ0) is 8.59. The normalized spacial score (nSPS) is 47.7. The minimum absolute atomic E-state index is 0.208. The lowest BCUT2D eigenvalue weighted by atomic mass is 9.86. The molecule has 1 rings (SSSR count). The molecule has 0 aromatic rings. The largest absolute Gasteiger partial charge is 0.393 e. The van der Waals surface area contributed by atoms with Crippen molar-refractivity contribution in [3.63, 3.8) is 0 Å². The third-order valence-corrected chi connectivity index (χ3v) is 2.88. The lowest BCUT2D eigenvalue weighted by Gasteiger charge is -2.20. The molecule has 11 heavy (non-hydrogen) atoms. The maximum Gasteiger partial charge on any atom is 0.0607 e. The summed E-state index contributed by atoms with van der Waals surface area (Å²) < 4.78 is 5.59. The fraction of sp³-hybridized carbons (Fsp3) is 1.00. The summed E-state index contributed by atoms with van der Waals surface area (Å²) >= 11 is 0. The molecule has 2 heteroatoms. The standard InChI is InChI=1S/C9H18O2/c1-5-7(3)11-8(4)9(5)6(2)10/h5-10H,1-4H3. The van der Waals surface area contributed by atoms with Crippen molar-refractivity contribution in [3.05, 3.63) is 0 Å². The van der Waals surface area contributed by atoms with Crippen molar-refractivity contribution >= 4 is 0 Å². The zero-order valence-electron chi connectivity index (χ0n) is 7.74. The first-order valence-electron chi connectivity index (χ1n) is 4.37. The highest BCUT2D eigenvalue weighted by Crippen LogP contribution is 2.34.